The average Bonchev–Trinajstić information content (AvgIpc) is 1.89. The van der Waals surface area contributed by atoms with E-state index >= 15 is 0 Å². The number of carbonyl (C=O) groups is 1. The van der Waals surface area contributed by atoms with Crippen molar-refractivity contribution in [2.75, 3.05) is 13.2 Å². The van der Waals surface area contributed by atoms with Gasteiger partial charge >= 0.3 is 5.97 Å². The van der Waals surface area contributed by atoms with Crippen LogP contribution in [0.2, 0.25) is 0 Å². The third-order valence-electron chi connectivity index (χ3n) is 0.779. The number of nitrogens with two attached hydrogens (primary N) is 1. The summed E-state index contributed by atoms with van der Waals surface area (Å²) in [6.07, 6.45) is 2.70. The Morgan fingerprint density at radius 1 is 1.70 bits per heavy atom. The first-order valence-corrected chi connectivity index (χ1v) is 2.97. The van der Waals surface area contributed by atoms with Crippen molar-refractivity contribution in [2.45, 2.75) is 6.42 Å². The van der Waals surface area contributed by atoms with E-state index in [1.54, 1.807) is 0 Å². The number of hydrogen-bond acceptors (Lipinski definition) is 4. The molecule has 0 unspecified atom stereocenters. The second kappa shape index (κ2) is 6.10. The smallest absolute Gasteiger partial charge is 0.332 e. The van der Waals surface area contributed by atoms with Crippen LogP contribution >= 0.6 is 0 Å². The zero-order chi connectivity index (χ0) is 7.82. The van der Waals surface area contributed by atoms with Gasteiger partial charge in [-0.2, -0.15) is 0 Å². The van der Waals surface area contributed by atoms with Gasteiger partial charge in [0.15, 0.2) is 0 Å². The molecule has 0 aromatic rings. The van der Waals surface area contributed by atoms with Crippen LogP contribution in [-0.2, 0) is 9.53 Å². The van der Waals surface area contributed by atoms with E-state index in [0.29, 0.717) is 6.42 Å². The van der Waals surface area contributed by atoms with Crippen LogP contribution in [0.4, 0.5) is 0 Å². The Labute approximate surface area is 59.3 Å². The molecule has 0 rings (SSSR count). The van der Waals surface area contributed by atoms with Crippen molar-refractivity contribution in [3.8, 4) is 0 Å². The molecule has 0 aliphatic carbocycles. The zero-order valence-corrected chi connectivity index (χ0v) is 5.62. The average molecular weight is 145 g/mol. The first-order chi connectivity index (χ1) is 4.81. The number of aliphatic hydroxyl groups excluding tert-OH is 1. The van der Waals surface area contributed by atoms with E-state index in [0.717, 1.165) is 12.3 Å². The molecule has 0 amide bonds. The van der Waals surface area contributed by atoms with E-state index in [2.05, 4.69) is 4.74 Å². The van der Waals surface area contributed by atoms with E-state index in [4.69, 9.17) is 10.8 Å². The molecule has 0 aromatic heterocycles. The Balaban J connectivity index is 3.22. The molecule has 10 heavy (non-hydrogen) atoms. The molecule has 0 spiro atoms. The van der Waals surface area contributed by atoms with Crippen molar-refractivity contribution in [3.63, 3.8) is 0 Å². The Morgan fingerprint density at radius 3 is 2.90 bits per heavy atom. The van der Waals surface area contributed by atoms with Gasteiger partial charge in [-0.15, -0.1) is 0 Å². The predicted octanol–water partition coefficient (Wildman–Crippen LogP) is -0.616. The highest BCUT2D eigenvalue weighted by Gasteiger charge is 1.93. The molecule has 0 fully saturated rings. The standard InChI is InChI=1S/C6H11NO3/c7-3-2-6(9)10-5-1-4-8/h2-3,8H,1,4-5,7H2. The molecule has 0 aliphatic rings. The van der Waals surface area contributed by atoms with Gasteiger partial charge in [-0.05, 0) is 0 Å². The maximum absolute atomic E-state index is 10.4. The van der Waals surface area contributed by atoms with E-state index < -0.39 is 5.97 Å². The molecule has 0 atom stereocenters. The highest BCUT2D eigenvalue weighted by Crippen LogP contribution is 1.82. The maximum atomic E-state index is 10.4. The topological polar surface area (TPSA) is 72.6 Å². The van der Waals surface area contributed by atoms with Gasteiger partial charge in [-0.25, -0.2) is 4.79 Å². The molecule has 4 heteroatoms. The molecule has 0 saturated carbocycles. The summed E-state index contributed by atoms with van der Waals surface area (Å²) in [5.41, 5.74) is 4.90. The largest absolute Gasteiger partial charge is 0.462 e. The fourth-order valence-electron chi connectivity index (χ4n) is 0.364. The van der Waals surface area contributed by atoms with Crippen molar-refractivity contribution >= 4 is 5.97 Å². The summed E-state index contributed by atoms with van der Waals surface area (Å²) in [6.45, 7) is 0.263. The van der Waals surface area contributed by atoms with Crippen LogP contribution in [0.3, 0.4) is 0 Å². The Morgan fingerprint density at radius 2 is 2.40 bits per heavy atom. The van der Waals surface area contributed by atoms with Crippen LogP contribution in [0.25, 0.3) is 0 Å². The van der Waals surface area contributed by atoms with Crippen molar-refractivity contribution in [3.05, 3.63) is 12.3 Å². The van der Waals surface area contributed by atoms with E-state index in [1.165, 1.54) is 0 Å². The van der Waals surface area contributed by atoms with Gasteiger partial charge < -0.3 is 15.6 Å². The first kappa shape index (κ1) is 8.97. The normalized spacial score (nSPS) is 10.1. The molecule has 58 valence electrons. The molecule has 0 radical (unpaired) electrons. The molecule has 3 N–H and O–H groups in total. The molecular weight excluding hydrogens is 134 g/mol. The summed E-state index contributed by atoms with van der Waals surface area (Å²) < 4.78 is 4.56. The first-order valence-electron chi connectivity index (χ1n) is 2.97. The second-order valence-corrected chi connectivity index (χ2v) is 1.60. The van der Waals surface area contributed by atoms with Crippen LogP contribution in [0.5, 0.6) is 0 Å². The van der Waals surface area contributed by atoms with E-state index in [9.17, 15) is 4.79 Å². The van der Waals surface area contributed by atoms with Crippen molar-refractivity contribution in [1.82, 2.24) is 0 Å². The SMILES string of the molecule is NC=CC(=O)OCCCO. The Hall–Kier alpha value is -1.03. The van der Waals surface area contributed by atoms with E-state index in [-0.39, 0.29) is 13.2 Å². The van der Waals surface area contributed by atoms with Crippen molar-refractivity contribution in [1.29, 1.82) is 0 Å². The lowest BCUT2D eigenvalue weighted by Crippen LogP contribution is -2.04. The summed E-state index contributed by atoms with van der Waals surface area (Å²) in [5, 5.41) is 8.28. The van der Waals surface area contributed by atoms with Crippen LogP contribution in [0, 0.1) is 0 Å². The van der Waals surface area contributed by atoms with Gasteiger partial charge in [0.1, 0.15) is 0 Å². The molecule has 0 heterocycles. The van der Waals surface area contributed by atoms with Gasteiger partial charge in [0.25, 0.3) is 0 Å². The minimum atomic E-state index is -0.476. The lowest BCUT2D eigenvalue weighted by Gasteiger charge is -1.97. The number of rotatable bonds is 4. The quantitative estimate of drug-likeness (QED) is 0.314. The van der Waals surface area contributed by atoms with Crippen molar-refractivity contribution < 1.29 is 14.6 Å². The molecule has 0 saturated heterocycles. The highest BCUT2D eigenvalue weighted by molar-refractivity contribution is 5.81. The number of hydrogen-bond donors (Lipinski definition) is 2. The summed E-state index contributed by atoms with van der Waals surface area (Å²) in [5.74, 6) is -0.476. The lowest BCUT2D eigenvalue weighted by atomic mass is 10.5. The number of esters is 1. The van der Waals surface area contributed by atoms with E-state index in [1.807, 2.05) is 0 Å². The summed E-state index contributed by atoms with van der Waals surface area (Å²) >= 11 is 0. The molecule has 0 aromatic carbocycles. The van der Waals surface area contributed by atoms with Gasteiger partial charge in [-0.1, -0.05) is 0 Å². The fraction of sp³-hybridized carbons (Fsp3) is 0.500. The second-order valence-electron chi connectivity index (χ2n) is 1.60. The number of aliphatic hydroxyl groups is 1. The minimum absolute atomic E-state index is 0.0274. The Kier molecular flexibility index (Phi) is 5.47. The summed E-state index contributed by atoms with van der Waals surface area (Å²) in [4.78, 5) is 10.4. The molecular formula is C6H11NO3. The Bertz CT molecular complexity index is 122. The predicted molar refractivity (Wildman–Crippen MR) is 36.0 cm³/mol. The van der Waals surface area contributed by atoms with Gasteiger partial charge in [-0.3, -0.25) is 0 Å². The fourth-order valence-corrected chi connectivity index (χ4v) is 0.364. The number of carbonyl (C=O) groups excluding carboxylic acids is 1. The molecule has 0 bridgehead atoms. The minimum Gasteiger partial charge on any atom is -0.462 e. The van der Waals surface area contributed by atoms with Gasteiger partial charge in [0, 0.05) is 25.3 Å². The van der Waals surface area contributed by atoms with Crippen LogP contribution < -0.4 is 5.73 Å². The zero-order valence-electron chi connectivity index (χ0n) is 5.62. The monoisotopic (exact) mass is 145 g/mol. The van der Waals surface area contributed by atoms with Gasteiger partial charge in [0.2, 0.25) is 0 Å². The molecule has 0 aliphatic heterocycles. The highest BCUT2D eigenvalue weighted by atomic mass is 16.5. The number of ether oxygens (including phenoxy) is 1. The third kappa shape index (κ3) is 5.11. The summed E-state index contributed by atoms with van der Waals surface area (Å²) in [6, 6.07) is 0. The lowest BCUT2D eigenvalue weighted by molar-refractivity contribution is -0.138. The van der Waals surface area contributed by atoms with Crippen molar-refractivity contribution in [2.24, 2.45) is 5.73 Å². The maximum Gasteiger partial charge on any atom is 0.332 e. The van der Waals surface area contributed by atoms with Crippen LogP contribution in [0.1, 0.15) is 6.42 Å². The summed E-state index contributed by atoms with van der Waals surface area (Å²) in [7, 11) is 0. The molecule has 4 nitrogen and oxygen atoms in total. The van der Waals surface area contributed by atoms with Crippen LogP contribution in [0.15, 0.2) is 12.3 Å². The van der Waals surface area contributed by atoms with Crippen LogP contribution in [-0.4, -0.2) is 24.3 Å². The van der Waals surface area contributed by atoms with Gasteiger partial charge in [0.05, 0.1) is 6.61 Å². The third-order valence-corrected chi connectivity index (χ3v) is 0.779.